The molecule has 0 unspecified atom stereocenters. The second-order valence-corrected chi connectivity index (χ2v) is 9.37. The summed E-state index contributed by atoms with van der Waals surface area (Å²) in [5.41, 5.74) is 2.65. The highest BCUT2D eigenvalue weighted by Gasteiger charge is 2.31. The van der Waals surface area contributed by atoms with Crippen molar-refractivity contribution >= 4 is 21.8 Å². The van der Waals surface area contributed by atoms with E-state index in [1.807, 2.05) is 54.6 Å². The lowest BCUT2D eigenvalue weighted by Crippen LogP contribution is -2.35. The number of aliphatic imine (C=N–C) groups is 1. The van der Waals surface area contributed by atoms with E-state index in [4.69, 9.17) is 4.74 Å². The normalized spacial score (nSPS) is 16.0. The number of ether oxygens (including phenoxy) is 1. The summed E-state index contributed by atoms with van der Waals surface area (Å²) in [6.45, 7) is 2.59. The third-order valence-electron chi connectivity index (χ3n) is 5.25. The molecule has 0 aromatic heterocycles. The molecule has 2 N–H and O–H groups in total. The maximum Gasteiger partial charge on any atom is 0.263 e. The van der Waals surface area contributed by atoms with Gasteiger partial charge in [-0.15, -0.1) is 0 Å². The first-order valence-corrected chi connectivity index (χ1v) is 12.1. The molecule has 0 radical (unpaired) electrons. The van der Waals surface area contributed by atoms with Crippen LogP contribution in [0.5, 0.6) is 5.75 Å². The van der Waals surface area contributed by atoms with E-state index in [0.717, 1.165) is 16.9 Å². The van der Waals surface area contributed by atoms with Gasteiger partial charge in [0, 0.05) is 12.1 Å². The summed E-state index contributed by atoms with van der Waals surface area (Å²) < 4.78 is 32.6. The first-order chi connectivity index (χ1) is 15.9. The number of benzene rings is 3. The SMILES string of the molecule is C[C@H](N=C1NS(=O)(=O)c2ccccc21)C(=O)NCCc1ccc(OCc2ccccc2)cc1. The minimum Gasteiger partial charge on any atom is -0.489 e. The van der Waals surface area contributed by atoms with Crippen LogP contribution < -0.4 is 14.8 Å². The zero-order chi connectivity index (χ0) is 23.3. The molecule has 170 valence electrons. The fourth-order valence-electron chi connectivity index (χ4n) is 3.45. The van der Waals surface area contributed by atoms with Gasteiger partial charge in [0.25, 0.3) is 10.0 Å². The molecule has 0 spiro atoms. The van der Waals surface area contributed by atoms with E-state index in [0.29, 0.717) is 25.1 Å². The van der Waals surface area contributed by atoms with E-state index >= 15 is 0 Å². The molecule has 0 bridgehead atoms. The largest absolute Gasteiger partial charge is 0.489 e. The molecule has 4 rings (SSSR count). The number of nitrogens with zero attached hydrogens (tertiary/aromatic N) is 1. The highest BCUT2D eigenvalue weighted by molar-refractivity contribution is 7.90. The number of nitrogens with one attached hydrogen (secondary N) is 2. The number of amides is 1. The van der Waals surface area contributed by atoms with Crippen LogP contribution >= 0.6 is 0 Å². The Morgan fingerprint density at radius 3 is 2.42 bits per heavy atom. The summed E-state index contributed by atoms with van der Waals surface area (Å²) in [5, 5.41) is 2.86. The second kappa shape index (κ2) is 9.87. The summed E-state index contributed by atoms with van der Waals surface area (Å²) in [6.07, 6.45) is 0.656. The lowest BCUT2D eigenvalue weighted by atomic mass is 10.1. The van der Waals surface area contributed by atoms with Crippen LogP contribution in [0.25, 0.3) is 0 Å². The van der Waals surface area contributed by atoms with E-state index < -0.39 is 16.1 Å². The Labute approximate surface area is 193 Å². The van der Waals surface area contributed by atoms with E-state index in [9.17, 15) is 13.2 Å². The first-order valence-electron chi connectivity index (χ1n) is 10.7. The van der Waals surface area contributed by atoms with Crippen molar-refractivity contribution in [2.24, 2.45) is 4.99 Å². The lowest BCUT2D eigenvalue weighted by molar-refractivity contribution is -0.121. The van der Waals surface area contributed by atoms with Gasteiger partial charge in [-0.3, -0.25) is 14.5 Å². The average molecular weight is 464 g/mol. The van der Waals surface area contributed by atoms with Crippen molar-refractivity contribution in [3.8, 4) is 5.75 Å². The fourth-order valence-corrected chi connectivity index (χ4v) is 4.69. The fraction of sp³-hybridized carbons (Fsp3) is 0.200. The zero-order valence-corrected chi connectivity index (χ0v) is 19.0. The number of amidine groups is 1. The number of carbonyl (C=O) groups is 1. The second-order valence-electron chi connectivity index (χ2n) is 7.71. The number of hydrogen-bond donors (Lipinski definition) is 2. The molecule has 3 aromatic rings. The van der Waals surface area contributed by atoms with Gasteiger partial charge in [-0.25, -0.2) is 8.42 Å². The maximum absolute atomic E-state index is 12.5. The van der Waals surface area contributed by atoms with Gasteiger partial charge in [-0.1, -0.05) is 54.6 Å². The van der Waals surface area contributed by atoms with Crippen LogP contribution in [0.1, 0.15) is 23.6 Å². The maximum atomic E-state index is 12.5. The molecule has 1 heterocycles. The van der Waals surface area contributed by atoms with Gasteiger partial charge in [0.2, 0.25) is 5.91 Å². The van der Waals surface area contributed by atoms with Crippen LogP contribution in [0.2, 0.25) is 0 Å². The number of fused-ring (bicyclic) bond motifs is 1. The topological polar surface area (TPSA) is 96.9 Å². The quantitative estimate of drug-likeness (QED) is 0.537. The molecule has 3 aromatic carbocycles. The van der Waals surface area contributed by atoms with E-state index in [2.05, 4.69) is 15.0 Å². The highest BCUT2D eigenvalue weighted by Crippen LogP contribution is 2.22. The summed E-state index contributed by atoms with van der Waals surface area (Å²) in [7, 11) is -3.63. The predicted octanol–water partition coefficient (Wildman–Crippen LogP) is 3.05. The third kappa shape index (κ3) is 5.59. The van der Waals surface area contributed by atoms with Crippen LogP contribution in [-0.2, 0) is 27.8 Å². The van der Waals surface area contributed by atoms with Gasteiger partial charge >= 0.3 is 0 Å². The monoisotopic (exact) mass is 463 g/mol. The van der Waals surface area contributed by atoms with E-state index in [-0.39, 0.29) is 16.6 Å². The molecule has 1 aliphatic rings. The Balaban J connectivity index is 1.27. The van der Waals surface area contributed by atoms with Crippen LogP contribution in [0, 0.1) is 0 Å². The number of rotatable bonds is 8. The van der Waals surface area contributed by atoms with Crippen LogP contribution in [0.4, 0.5) is 0 Å². The van der Waals surface area contributed by atoms with Crippen LogP contribution in [-0.4, -0.2) is 32.7 Å². The number of carbonyl (C=O) groups excluding carboxylic acids is 1. The van der Waals surface area contributed by atoms with Crippen molar-refractivity contribution in [1.29, 1.82) is 0 Å². The van der Waals surface area contributed by atoms with Crippen LogP contribution in [0.3, 0.4) is 0 Å². The molecule has 1 atom stereocenters. The Morgan fingerprint density at radius 2 is 1.67 bits per heavy atom. The number of hydrogen-bond acceptors (Lipinski definition) is 5. The van der Waals surface area contributed by atoms with Crippen molar-refractivity contribution in [2.75, 3.05) is 6.54 Å². The lowest BCUT2D eigenvalue weighted by Gasteiger charge is -2.10. The van der Waals surface area contributed by atoms with Crippen molar-refractivity contribution in [2.45, 2.75) is 30.9 Å². The Kier molecular flexibility index (Phi) is 6.74. The molecule has 8 heteroatoms. The summed E-state index contributed by atoms with van der Waals surface area (Å²) in [5.74, 6) is 0.712. The molecule has 1 amide bonds. The molecule has 0 saturated heterocycles. The minimum atomic E-state index is -3.63. The molecule has 7 nitrogen and oxygen atoms in total. The molecule has 1 aliphatic heterocycles. The summed E-state index contributed by atoms with van der Waals surface area (Å²) in [6, 6.07) is 23.6. The smallest absolute Gasteiger partial charge is 0.263 e. The molecular weight excluding hydrogens is 438 g/mol. The predicted molar refractivity (Wildman–Crippen MR) is 127 cm³/mol. The Bertz CT molecular complexity index is 1260. The van der Waals surface area contributed by atoms with Gasteiger partial charge in [0.05, 0.1) is 4.90 Å². The van der Waals surface area contributed by atoms with Crippen molar-refractivity contribution < 1.29 is 17.9 Å². The third-order valence-corrected chi connectivity index (χ3v) is 6.65. The summed E-state index contributed by atoms with van der Waals surface area (Å²) in [4.78, 5) is 16.9. The summed E-state index contributed by atoms with van der Waals surface area (Å²) >= 11 is 0. The molecular formula is C25H25N3O4S. The standard InChI is InChI=1S/C25H25N3O4S/c1-18(27-24-22-9-5-6-10-23(22)33(30,31)28-24)25(29)26-16-15-19-11-13-21(14-12-19)32-17-20-7-3-2-4-8-20/h2-14,18H,15-17H2,1H3,(H,26,29)(H,27,28)/t18-/m0/s1. The van der Waals surface area contributed by atoms with Gasteiger partial charge < -0.3 is 10.1 Å². The minimum absolute atomic E-state index is 0.174. The van der Waals surface area contributed by atoms with Crippen LogP contribution in [0.15, 0.2) is 88.8 Å². The molecule has 0 fully saturated rings. The van der Waals surface area contributed by atoms with E-state index in [1.54, 1.807) is 25.1 Å². The Morgan fingerprint density at radius 1 is 0.970 bits per heavy atom. The van der Waals surface area contributed by atoms with Crippen molar-refractivity contribution in [3.05, 3.63) is 95.6 Å². The van der Waals surface area contributed by atoms with Gasteiger partial charge in [-0.2, -0.15) is 0 Å². The van der Waals surface area contributed by atoms with Gasteiger partial charge in [-0.05, 0) is 48.7 Å². The van der Waals surface area contributed by atoms with E-state index in [1.165, 1.54) is 6.07 Å². The van der Waals surface area contributed by atoms with Gasteiger partial charge in [0.15, 0.2) is 0 Å². The van der Waals surface area contributed by atoms with Crippen molar-refractivity contribution in [1.82, 2.24) is 10.0 Å². The number of sulfonamides is 1. The zero-order valence-electron chi connectivity index (χ0n) is 18.2. The molecule has 33 heavy (non-hydrogen) atoms. The van der Waals surface area contributed by atoms with Gasteiger partial charge in [0.1, 0.15) is 24.2 Å². The highest BCUT2D eigenvalue weighted by atomic mass is 32.2. The molecule has 0 saturated carbocycles. The first kappa shape index (κ1) is 22.5. The average Bonchev–Trinajstić information content (AvgIpc) is 3.09. The van der Waals surface area contributed by atoms with Crippen molar-refractivity contribution in [3.63, 3.8) is 0 Å². The molecule has 0 aliphatic carbocycles. The Hall–Kier alpha value is -3.65.